The van der Waals surface area contributed by atoms with Crippen LogP contribution in [0, 0.1) is 52.9 Å². The molecule has 0 aliphatic heterocycles. The molecule has 0 unspecified atom stereocenters. The molecule has 1 aromatic carbocycles. The Bertz CT molecular complexity index is 551. The predicted octanol–water partition coefficient (Wildman–Crippen LogP) is 1.72. The van der Waals surface area contributed by atoms with Gasteiger partial charge >= 0.3 is 0 Å². The van der Waals surface area contributed by atoms with Crippen LogP contribution in [0.25, 0.3) is 0 Å². The molecule has 0 amide bonds. The van der Waals surface area contributed by atoms with Gasteiger partial charge in [-0.25, -0.2) is 0 Å². The molecule has 0 fully saturated rings. The van der Waals surface area contributed by atoms with Gasteiger partial charge in [0.25, 0.3) is 5.69 Å². The van der Waals surface area contributed by atoms with Gasteiger partial charge in [-0.3, -0.25) is 10.1 Å². The molecule has 1 rings (SSSR count). The standard InChI is InChI=1S/C7H7NO2.C6H2O2.H3N/c1-6-2-4-7(5-3-6)8(9)10;7-5-3-1-2-4-6-8;/h2-5H,1H3;7-8H;1H3. The van der Waals surface area contributed by atoms with E-state index in [1.807, 2.05) is 18.8 Å². The number of aliphatic hydroxyl groups is 2. The molecule has 0 spiro atoms. The van der Waals surface area contributed by atoms with Gasteiger partial charge in [-0.15, -0.1) is 0 Å². The summed E-state index contributed by atoms with van der Waals surface area (Å²) in [5, 5.41) is 25.7. The molecule has 5 N–H and O–H groups in total. The average molecular weight is 260 g/mol. The van der Waals surface area contributed by atoms with Gasteiger partial charge in [0.15, 0.2) is 0 Å². The first-order valence-corrected chi connectivity index (χ1v) is 4.61. The molecule has 0 radical (unpaired) electrons. The van der Waals surface area contributed by atoms with Crippen molar-refractivity contribution in [1.82, 2.24) is 6.15 Å². The minimum absolute atomic E-state index is 0. The predicted molar refractivity (Wildman–Crippen MR) is 70.1 cm³/mol. The van der Waals surface area contributed by atoms with Crippen LogP contribution in [0.5, 0.6) is 0 Å². The van der Waals surface area contributed by atoms with E-state index < -0.39 is 4.92 Å². The van der Waals surface area contributed by atoms with Crippen molar-refractivity contribution >= 4 is 5.69 Å². The largest absolute Gasteiger partial charge is 0.461 e. The van der Waals surface area contributed by atoms with Crippen LogP contribution in [0.2, 0.25) is 0 Å². The summed E-state index contributed by atoms with van der Waals surface area (Å²) in [6.45, 7) is 1.89. The lowest BCUT2D eigenvalue weighted by Gasteiger charge is -1.90. The Morgan fingerprint density at radius 1 is 1.00 bits per heavy atom. The minimum Gasteiger partial charge on any atom is -0.461 e. The van der Waals surface area contributed by atoms with Gasteiger partial charge in [0, 0.05) is 35.8 Å². The van der Waals surface area contributed by atoms with Crippen LogP contribution in [-0.4, -0.2) is 15.1 Å². The third kappa shape index (κ3) is 9.77. The molecular formula is C13H12N2O4. The number of aliphatic hydroxyl groups excluding tert-OH is 2. The summed E-state index contributed by atoms with van der Waals surface area (Å²) in [4.78, 5) is 9.71. The molecule has 0 atom stereocenters. The van der Waals surface area contributed by atoms with E-state index in [0.717, 1.165) is 5.56 Å². The molecule has 98 valence electrons. The fourth-order valence-electron chi connectivity index (χ4n) is 0.785. The van der Waals surface area contributed by atoms with Crippen molar-refractivity contribution in [3.05, 3.63) is 39.9 Å². The van der Waals surface area contributed by atoms with E-state index >= 15 is 0 Å². The number of hydrogen-bond acceptors (Lipinski definition) is 5. The highest BCUT2D eigenvalue weighted by Gasteiger charge is 2.00. The highest BCUT2D eigenvalue weighted by Crippen LogP contribution is 2.10. The number of nitro benzene ring substituents is 1. The van der Waals surface area contributed by atoms with E-state index in [4.69, 9.17) is 10.2 Å². The lowest BCUT2D eigenvalue weighted by Crippen LogP contribution is -1.86. The summed E-state index contributed by atoms with van der Waals surface area (Å²) < 4.78 is 0. The van der Waals surface area contributed by atoms with E-state index in [2.05, 4.69) is 11.8 Å². The monoisotopic (exact) mass is 260 g/mol. The minimum atomic E-state index is -0.403. The van der Waals surface area contributed by atoms with Gasteiger partial charge in [-0.05, 0) is 6.92 Å². The summed E-state index contributed by atoms with van der Waals surface area (Å²) in [6, 6.07) is 6.43. The van der Waals surface area contributed by atoms with Crippen molar-refractivity contribution < 1.29 is 15.1 Å². The maximum atomic E-state index is 10.1. The smallest absolute Gasteiger partial charge is 0.269 e. The molecule has 6 nitrogen and oxygen atoms in total. The first-order valence-electron chi connectivity index (χ1n) is 4.61. The van der Waals surface area contributed by atoms with Gasteiger partial charge in [0.05, 0.1) is 4.92 Å². The van der Waals surface area contributed by atoms with Gasteiger partial charge in [0.1, 0.15) is 12.2 Å². The first-order chi connectivity index (χ1) is 8.61. The second-order valence-electron chi connectivity index (χ2n) is 2.82. The van der Waals surface area contributed by atoms with Crippen LogP contribution in [0.15, 0.2) is 24.3 Å². The average Bonchev–Trinajstić information content (AvgIpc) is 2.36. The normalized spacial score (nSPS) is 6.37. The molecule has 0 aliphatic carbocycles. The maximum absolute atomic E-state index is 10.1. The summed E-state index contributed by atoms with van der Waals surface area (Å²) >= 11 is 0. The molecule has 1 aromatic rings. The van der Waals surface area contributed by atoms with E-state index in [0.29, 0.717) is 0 Å². The van der Waals surface area contributed by atoms with Crippen molar-refractivity contribution in [1.29, 1.82) is 0 Å². The Morgan fingerprint density at radius 2 is 1.42 bits per heavy atom. The lowest BCUT2D eigenvalue weighted by atomic mass is 10.2. The van der Waals surface area contributed by atoms with E-state index in [-0.39, 0.29) is 11.8 Å². The Hall–Kier alpha value is -3.14. The summed E-state index contributed by atoms with van der Waals surface area (Å²) in [6.07, 6.45) is 3.11. The van der Waals surface area contributed by atoms with Crippen molar-refractivity contribution in [3.63, 3.8) is 0 Å². The summed E-state index contributed by atoms with van der Waals surface area (Å²) in [5.74, 6) is 8.31. The van der Waals surface area contributed by atoms with Crippen molar-refractivity contribution in [2.24, 2.45) is 0 Å². The number of aryl methyl sites for hydroxylation is 1. The molecule has 0 saturated heterocycles. The highest BCUT2D eigenvalue weighted by molar-refractivity contribution is 5.33. The van der Waals surface area contributed by atoms with Crippen LogP contribution < -0.4 is 6.15 Å². The van der Waals surface area contributed by atoms with Gasteiger partial charge in [-0.1, -0.05) is 17.7 Å². The number of hydrogen-bond donors (Lipinski definition) is 3. The first kappa shape index (κ1) is 18.2. The molecule has 19 heavy (non-hydrogen) atoms. The second kappa shape index (κ2) is 11.3. The summed E-state index contributed by atoms with van der Waals surface area (Å²) in [7, 11) is 0. The zero-order valence-electron chi connectivity index (χ0n) is 10.2. The lowest BCUT2D eigenvalue weighted by molar-refractivity contribution is -0.384. The number of benzene rings is 1. The number of nitrogens with zero attached hydrogens (tertiary/aromatic N) is 1. The SMILES string of the molecule is Cc1ccc([N+](=O)[O-])cc1.N.OC#CC#CC#CO. The quantitative estimate of drug-likeness (QED) is 0.403. The van der Waals surface area contributed by atoms with Crippen molar-refractivity contribution in [2.45, 2.75) is 6.92 Å². The topological polar surface area (TPSA) is 119 Å². The van der Waals surface area contributed by atoms with E-state index in [1.165, 1.54) is 12.1 Å². The molecular weight excluding hydrogens is 248 g/mol. The van der Waals surface area contributed by atoms with Gasteiger partial charge in [0.2, 0.25) is 0 Å². The fraction of sp³-hybridized carbons (Fsp3) is 0.0769. The highest BCUT2D eigenvalue weighted by atomic mass is 16.6. The Labute approximate surface area is 110 Å². The van der Waals surface area contributed by atoms with Gasteiger partial charge in [-0.2, -0.15) is 0 Å². The Kier molecular flexibility index (Phi) is 10.9. The molecule has 0 aromatic heterocycles. The third-order valence-electron chi connectivity index (χ3n) is 1.54. The van der Waals surface area contributed by atoms with Crippen LogP contribution in [0.3, 0.4) is 0 Å². The van der Waals surface area contributed by atoms with Crippen LogP contribution >= 0.6 is 0 Å². The number of nitro groups is 1. The molecule has 0 aliphatic rings. The van der Waals surface area contributed by atoms with E-state index in [9.17, 15) is 10.1 Å². The van der Waals surface area contributed by atoms with Crippen molar-refractivity contribution in [2.75, 3.05) is 0 Å². The van der Waals surface area contributed by atoms with E-state index in [1.54, 1.807) is 24.3 Å². The molecule has 0 heterocycles. The molecule has 0 saturated carbocycles. The Balaban J connectivity index is 0. The van der Waals surface area contributed by atoms with Gasteiger partial charge < -0.3 is 16.4 Å². The molecule has 0 bridgehead atoms. The maximum Gasteiger partial charge on any atom is 0.269 e. The second-order valence-corrected chi connectivity index (χ2v) is 2.82. The number of rotatable bonds is 1. The zero-order valence-corrected chi connectivity index (χ0v) is 10.2. The fourth-order valence-corrected chi connectivity index (χ4v) is 0.785. The number of non-ortho nitro benzene ring substituents is 1. The molecule has 6 heteroatoms. The zero-order chi connectivity index (χ0) is 13.8. The Morgan fingerprint density at radius 3 is 1.74 bits per heavy atom. The van der Waals surface area contributed by atoms with Crippen LogP contribution in [0.1, 0.15) is 5.56 Å². The van der Waals surface area contributed by atoms with Crippen molar-refractivity contribution in [3.8, 4) is 35.9 Å². The van der Waals surface area contributed by atoms with Crippen LogP contribution in [-0.2, 0) is 0 Å². The van der Waals surface area contributed by atoms with Crippen LogP contribution in [0.4, 0.5) is 5.69 Å². The third-order valence-corrected chi connectivity index (χ3v) is 1.54. The summed E-state index contributed by atoms with van der Waals surface area (Å²) in [5.41, 5.74) is 1.18.